The summed E-state index contributed by atoms with van der Waals surface area (Å²) in [5, 5.41) is 24.6. The number of aliphatic hydroxyl groups is 1. The molecule has 2 atom stereocenters. The van der Waals surface area contributed by atoms with Crippen LogP contribution in [0.1, 0.15) is 61.6 Å². The van der Waals surface area contributed by atoms with E-state index >= 15 is 0 Å². The number of amides is 2. The van der Waals surface area contributed by atoms with Crippen molar-refractivity contribution in [1.82, 2.24) is 15.5 Å². The zero-order valence-corrected chi connectivity index (χ0v) is 19.9. The third-order valence-electron chi connectivity index (χ3n) is 6.18. The van der Waals surface area contributed by atoms with Gasteiger partial charge in [0, 0.05) is 23.1 Å². The molecule has 4 N–H and O–H groups in total. The molecule has 1 fully saturated rings. The van der Waals surface area contributed by atoms with Gasteiger partial charge >= 0.3 is 0 Å². The number of nitrogens with one attached hydrogen (secondary N) is 3. The number of carbonyl (C=O) groups is 2. The molecule has 1 saturated heterocycles. The quantitative estimate of drug-likeness (QED) is 0.531. The molecule has 4 rings (SSSR count). The lowest BCUT2D eigenvalue weighted by atomic mass is 9.86. The van der Waals surface area contributed by atoms with Crippen LogP contribution in [-0.2, 0) is 11.3 Å². The lowest BCUT2D eigenvalue weighted by Crippen LogP contribution is -2.59. The fourth-order valence-corrected chi connectivity index (χ4v) is 4.40. The predicted molar refractivity (Wildman–Crippen MR) is 124 cm³/mol. The number of aliphatic hydroxyl groups excluding tert-OH is 1. The van der Waals surface area contributed by atoms with Gasteiger partial charge in [-0.3, -0.25) is 19.9 Å². The first-order valence-corrected chi connectivity index (χ1v) is 11.2. The van der Waals surface area contributed by atoms with Crippen LogP contribution in [0, 0.1) is 17.0 Å². The smallest absolute Gasteiger partial charge is 0.251 e. The molecule has 2 unspecified atom stereocenters. The third-order valence-corrected chi connectivity index (χ3v) is 6.18. The maximum atomic E-state index is 14.5. The molecule has 186 valence electrons. The second-order valence-electron chi connectivity index (χ2n) is 10.1. The van der Waals surface area contributed by atoms with Crippen molar-refractivity contribution in [3.05, 3.63) is 64.7 Å². The number of guanidine groups is 1. The molecule has 2 aliphatic rings. The molecule has 0 spiro atoms. The predicted octanol–water partition coefficient (Wildman–Crippen LogP) is 3.00. The van der Waals surface area contributed by atoms with E-state index in [9.17, 15) is 23.5 Å². The highest BCUT2D eigenvalue weighted by Gasteiger charge is 2.44. The van der Waals surface area contributed by atoms with Gasteiger partial charge in [-0.15, -0.1) is 0 Å². The van der Waals surface area contributed by atoms with E-state index in [1.54, 1.807) is 27.7 Å². The summed E-state index contributed by atoms with van der Waals surface area (Å²) in [5.41, 5.74) is -1.10. The Labute approximate surface area is 201 Å². The summed E-state index contributed by atoms with van der Waals surface area (Å²) in [6.07, 6.45) is -1.06. The Morgan fingerprint density at radius 1 is 1.20 bits per heavy atom. The van der Waals surface area contributed by atoms with Crippen molar-refractivity contribution in [2.24, 2.45) is 0 Å². The van der Waals surface area contributed by atoms with Gasteiger partial charge < -0.3 is 20.5 Å². The number of benzene rings is 2. The minimum Gasteiger partial charge on any atom is -0.485 e. The first-order chi connectivity index (χ1) is 16.3. The zero-order chi connectivity index (χ0) is 25.7. The van der Waals surface area contributed by atoms with Gasteiger partial charge in [-0.05, 0) is 69.7 Å². The Bertz CT molecular complexity index is 1190. The Kier molecular flexibility index (Phi) is 6.04. The molecule has 10 heteroatoms. The normalized spacial score (nSPS) is 22.7. The van der Waals surface area contributed by atoms with Crippen molar-refractivity contribution < 1.29 is 28.2 Å². The van der Waals surface area contributed by atoms with Gasteiger partial charge in [0.15, 0.2) is 5.96 Å². The highest BCUT2D eigenvalue weighted by atomic mass is 19.1. The Morgan fingerprint density at radius 2 is 1.91 bits per heavy atom. The van der Waals surface area contributed by atoms with Crippen molar-refractivity contribution >= 4 is 17.8 Å². The number of hydrogen-bond acceptors (Lipinski definition) is 5. The molecule has 35 heavy (non-hydrogen) atoms. The summed E-state index contributed by atoms with van der Waals surface area (Å²) in [4.78, 5) is 26.8. The van der Waals surface area contributed by atoms with Crippen LogP contribution >= 0.6 is 0 Å². The van der Waals surface area contributed by atoms with E-state index in [-0.39, 0.29) is 36.0 Å². The molecular formula is C25H28F2N4O4. The van der Waals surface area contributed by atoms with Crippen molar-refractivity contribution in [2.75, 3.05) is 0 Å². The van der Waals surface area contributed by atoms with Gasteiger partial charge in [-0.25, -0.2) is 8.78 Å². The summed E-state index contributed by atoms with van der Waals surface area (Å²) < 4.78 is 34.2. The maximum absolute atomic E-state index is 14.5. The second kappa shape index (κ2) is 8.60. The molecule has 8 nitrogen and oxygen atoms in total. The van der Waals surface area contributed by atoms with Gasteiger partial charge in [-0.2, -0.15) is 0 Å². The average molecular weight is 487 g/mol. The summed E-state index contributed by atoms with van der Waals surface area (Å²) in [7, 11) is 0. The zero-order valence-electron chi connectivity index (χ0n) is 19.9. The minimum absolute atomic E-state index is 0.0428. The van der Waals surface area contributed by atoms with E-state index in [0.717, 1.165) is 6.07 Å². The lowest BCUT2D eigenvalue weighted by molar-refractivity contribution is -0.130. The van der Waals surface area contributed by atoms with Crippen LogP contribution in [0.15, 0.2) is 36.4 Å². The fraction of sp³-hybridized carbons (Fsp3) is 0.400. The lowest BCUT2D eigenvalue weighted by Gasteiger charge is -2.42. The number of rotatable bonds is 4. The maximum Gasteiger partial charge on any atom is 0.251 e. The molecule has 0 bridgehead atoms. The molecule has 0 saturated carbocycles. The molecule has 2 aromatic carbocycles. The van der Waals surface area contributed by atoms with Crippen LogP contribution in [0.3, 0.4) is 0 Å². The van der Waals surface area contributed by atoms with Gasteiger partial charge in [-0.1, -0.05) is 0 Å². The van der Waals surface area contributed by atoms with Crippen molar-refractivity contribution in [1.29, 1.82) is 5.41 Å². The second-order valence-corrected chi connectivity index (χ2v) is 10.1. The molecule has 0 radical (unpaired) electrons. The molecule has 0 aromatic heterocycles. The highest BCUT2D eigenvalue weighted by molar-refractivity contribution is 5.99. The van der Waals surface area contributed by atoms with E-state index in [1.807, 2.05) is 0 Å². The molecule has 2 amide bonds. The summed E-state index contributed by atoms with van der Waals surface area (Å²) in [5.74, 6) is -2.02. The summed E-state index contributed by atoms with van der Waals surface area (Å²) in [6, 6.07) is 6.46. The fourth-order valence-electron chi connectivity index (χ4n) is 4.40. The summed E-state index contributed by atoms with van der Waals surface area (Å²) >= 11 is 0. The van der Waals surface area contributed by atoms with Crippen LogP contribution in [0.2, 0.25) is 0 Å². The molecule has 2 aliphatic heterocycles. The van der Waals surface area contributed by atoms with Gasteiger partial charge in [0.05, 0.1) is 12.6 Å². The number of fused-ring (bicyclic) bond motifs is 1. The van der Waals surface area contributed by atoms with Crippen LogP contribution < -0.4 is 15.4 Å². The number of carbonyl (C=O) groups excluding carboxylic acids is 2. The monoisotopic (exact) mass is 486 g/mol. The molecule has 2 heterocycles. The Balaban J connectivity index is 1.59. The molecule has 0 aliphatic carbocycles. The number of nitrogens with zero attached hydrogens (tertiary/aromatic N) is 1. The van der Waals surface area contributed by atoms with Crippen LogP contribution in [0.4, 0.5) is 8.78 Å². The average Bonchev–Trinajstić information content (AvgIpc) is 2.73. The van der Waals surface area contributed by atoms with Gasteiger partial charge in [0.1, 0.15) is 29.1 Å². The number of halogens is 2. The van der Waals surface area contributed by atoms with E-state index in [4.69, 9.17) is 10.1 Å². The molecular weight excluding hydrogens is 458 g/mol. The number of ether oxygens (including phenoxy) is 1. The first-order valence-electron chi connectivity index (χ1n) is 11.2. The Morgan fingerprint density at radius 3 is 2.60 bits per heavy atom. The standard InChI is InChI=1S/C25H28F2N4O4/c1-24(2)11-19(32)31(23(28)30-24)12-13-7-14(9-16(27)8-13)22(34)29-20-17-10-15(26)5-6-18(17)35-25(3,4)21(20)33/h5-10,20-21,33H,11-12H2,1-4H3,(H2,28,30)(H,29,34). The van der Waals surface area contributed by atoms with E-state index in [1.165, 1.54) is 35.2 Å². The van der Waals surface area contributed by atoms with Gasteiger partial charge in [0.25, 0.3) is 5.91 Å². The van der Waals surface area contributed by atoms with Crippen LogP contribution in [0.25, 0.3) is 0 Å². The van der Waals surface area contributed by atoms with E-state index < -0.39 is 40.8 Å². The van der Waals surface area contributed by atoms with Gasteiger partial charge in [0.2, 0.25) is 5.91 Å². The van der Waals surface area contributed by atoms with Crippen LogP contribution in [0.5, 0.6) is 5.75 Å². The van der Waals surface area contributed by atoms with Crippen LogP contribution in [-0.4, -0.2) is 45.0 Å². The van der Waals surface area contributed by atoms with Crippen molar-refractivity contribution in [3.63, 3.8) is 0 Å². The minimum atomic E-state index is -1.21. The van der Waals surface area contributed by atoms with E-state index in [2.05, 4.69) is 10.6 Å². The van der Waals surface area contributed by atoms with Crippen molar-refractivity contribution in [3.8, 4) is 5.75 Å². The topological polar surface area (TPSA) is 115 Å². The van der Waals surface area contributed by atoms with E-state index in [0.29, 0.717) is 11.3 Å². The summed E-state index contributed by atoms with van der Waals surface area (Å²) in [6.45, 7) is 6.79. The Hall–Kier alpha value is -3.53. The highest BCUT2D eigenvalue weighted by Crippen LogP contribution is 2.40. The van der Waals surface area contributed by atoms with Crippen molar-refractivity contribution in [2.45, 2.75) is 63.9 Å². The number of hydrogen-bond donors (Lipinski definition) is 4. The molecule has 2 aromatic rings. The SMILES string of the molecule is CC1(C)CC(=O)N(Cc2cc(F)cc(C(=O)NC3c4cc(F)ccc4OC(C)(C)C3O)c2)C(=N)N1. The largest absolute Gasteiger partial charge is 0.485 e. The third kappa shape index (κ3) is 4.97. The first kappa shape index (κ1) is 24.6.